The minimum Gasteiger partial charge on any atom is -0.456 e. The summed E-state index contributed by atoms with van der Waals surface area (Å²) in [6.45, 7) is 11.9. The Morgan fingerprint density at radius 1 is 0.463 bits per heavy atom. The SMILES string of the molecule is Cc1ccc(-c2ccccc2)cc1N1c2cc3c(cc2B2c4c1cc1oc5ccccc5c1c4-c1ccc(-c4ccccc4)cc1N2c1ccc(-c2ccccc2)cc1)C(C)(C)CCC3(C)C. The Labute approximate surface area is 394 Å². The Morgan fingerprint density at radius 2 is 1.00 bits per heavy atom. The average molecular weight is 863 g/mol. The highest BCUT2D eigenvalue weighted by molar-refractivity contribution is 6.94. The van der Waals surface area contributed by atoms with E-state index in [1.807, 2.05) is 0 Å². The summed E-state index contributed by atoms with van der Waals surface area (Å²) in [7, 11) is 0. The first kappa shape index (κ1) is 39.8. The van der Waals surface area contributed by atoms with E-state index in [4.69, 9.17) is 4.42 Å². The first-order valence-corrected chi connectivity index (χ1v) is 23.9. The zero-order valence-electron chi connectivity index (χ0n) is 38.8. The van der Waals surface area contributed by atoms with Crippen LogP contribution >= 0.6 is 0 Å². The van der Waals surface area contributed by atoms with Crippen LogP contribution in [0.3, 0.4) is 0 Å². The Hall–Kier alpha value is -7.56. The first-order valence-electron chi connectivity index (χ1n) is 23.9. The van der Waals surface area contributed by atoms with E-state index in [2.05, 4.69) is 238 Å². The van der Waals surface area contributed by atoms with Crippen LogP contribution < -0.4 is 20.6 Å². The molecular formula is C63H51BN2O. The largest absolute Gasteiger partial charge is 0.456 e. The van der Waals surface area contributed by atoms with Crippen LogP contribution in [0.5, 0.6) is 0 Å². The summed E-state index contributed by atoms with van der Waals surface area (Å²) in [5, 5.41) is 2.31. The van der Waals surface area contributed by atoms with Crippen LogP contribution in [0.2, 0.25) is 0 Å². The second-order valence-electron chi connectivity index (χ2n) is 20.4. The lowest BCUT2D eigenvalue weighted by molar-refractivity contribution is 0.332. The van der Waals surface area contributed by atoms with Gasteiger partial charge in [-0.25, -0.2) is 0 Å². The van der Waals surface area contributed by atoms with E-state index < -0.39 is 0 Å². The monoisotopic (exact) mass is 862 g/mol. The van der Waals surface area contributed by atoms with E-state index in [9.17, 15) is 0 Å². The molecule has 3 nitrogen and oxygen atoms in total. The van der Waals surface area contributed by atoms with Gasteiger partial charge in [-0.05, 0) is 134 Å². The average Bonchev–Trinajstić information content (AvgIpc) is 3.74. The molecule has 0 spiro atoms. The predicted octanol–water partition coefficient (Wildman–Crippen LogP) is 16.0. The first-order chi connectivity index (χ1) is 32.6. The van der Waals surface area contributed by atoms with Crippen LogP contribution in [-0.4, -0.2) is 6.85 Å². The number of furan rings is 1. The molecule has 3 aliphatic rings. The van der Waals surface area contributed by atoms with Crippen molar-refractivity contribution in [3.8, 4) is 44.5 Å². The van der Waals surface area contributed by atoms with E-state index in [0.717, 1.165) is 40.8 Å². The highest BCUT2D eigenvalue weighted by atomic mass is 16.3. The summed E-state index contributed by atoms with van der Waals surface area (Å²) in [6, 6.07) is 72.1. The molecule has 4 heteroatoms. The molecule has 67 heavy (non-hydrogen) atoms. The van der Waals surface area contributed by atoms with E-state index in [1.165, 1.54) is 94.6 Å². The molecule has 322 valence electrons. The van der Waals surface area contributed by atoms with E-state index in [0.29, 0.717) is 0 Å². The number of anilines is 5. The van der Waals surface area contributed by atoms with Crippen molar-refractivity contribution in [1.29, 1.82) is 0 Å². The number of para-hydroxylation sites is 1. The normalized spacial score (nSPS) is 15.3. The molecule has 0 saturated heterocycles. The lowest BCUT2D eigenvalue weighted by Crippen LogP contribution is -2.62. The molecule has 13 rings (SSSR count). The van der Waals surface area contributed by atoms with Gasteiger partial charge in [-0.1, -0.05) is 179 Å². The van der Waals surface area contributed by atoms with Gasteiger partial charge in [0.1, 0.15) is 11.2 Å². The third kappa shape index (κ3) is 6.12. The molecule has 0 saturated carbocycles. The van der Waals surface area contributed by atoms with Crippen molar-refractivity contribution in [1.82, 2.24) is 0 Å². The number of hydrogen-bond acceptors (Lipinski definition) is 3. The maximum Gasteiger partial charge on any atom is 0.333 e. The molecule has 0 radical (unpaired) electrons. The van der Waals surface area contributed by atoms with Crippen molar-refractivity contribution in [3.63, 3.8) is 0 Å². The molecule has 0 bridgehead atoms. The molecule has 3 heterocycles. The molecule has 0 unspecified atom stereocenters. The molecule has 9 aromatic carbocycles. The second-order valence-corrected chi connectivity index (χ2v) is 20.4. The van der Waals surface area contributed by atoms with Gasteiger partial charge in [-0.2, -0.15) is 0 Å². The Bertz CT molecular complexity index is 3590. The quantitative estimate of drug-likeness (QED) is 0.161. The van der Waals surface area contributed by atoms with Crippen LogP contribution in [0.1, 0.15) is 57.2 Å². The summed E-state index contributed by atoms with van der Waals surface area (Å²) in [4.78, 5) is 5.28. The van der Waals surface area contributed by atoms with Crippen molar-refractivity contribution in [2.75, 3.05) is 9.71 Å². The Kier molecular flexibility index (Phi) is 8.74. The van der Waals surface area contributed by atoms with Gasteiger partial charge >= 0.3 is 6.85 Å². The number of nitrogens with zero attached hydrogens (tertiary/aromatic N) is 2. The highest BCUT2D eigenvalue weighted by Gasteiger charge is 2.49. The Morgan fingerprint density at radius 3 is 1.66 bits per heavy atom. The van der Waals surface area contributed by atoms with Gasteiger partial charge in [0.05, 0.1) is 0 Å². The number of hydrogen-bond donors (Lipinski definition) is 0. The maximum absolute atomic E-state index is 7.00. The molecule has 0 amide bonds. The molecule has 1 aliphatic carbocycles. The molecule has 0 N–H and O–H groups in total. The smallest absolute Gasteiger partial charge is 0.333 e. The van der Waals surface area contributed by atoms with Gasteiger partial charge in [0.25, 0.3) is 0 Å². The fourth-order valence-corrected chi connectivity index (χ4v) is 11.8. The Balaban J connectivity index is 1.18. The standard InChI is InChI=1S/C63H51BN2O/c1-40-25-26-45(42-19-11-7-12-20-42)35-53(40)65-55-38-51-50(62(2,3)33-34-63(51,4)5)37-52(55)64-61-56(65)39-58-59(49-23-15-16-24-57(49)67-58)60(61)48-32-29-46(43-21-13-8-14-22-43)36-54(48)66(64)47-30-27-44(28-31-47)41-17-9-6-10-18-41/h6-32,35-39H,33-34H2,1-5H3. The van der Waals surface area contributed by atoms with Crippen LogP contribution in [0.4, 0.5) is 28.4 Å². The van der Waals surface area contributed by atoms with Gasteiger partial charge in [0.2, 0.25) is 0 Å². The summed E-state index contributed by atoms with van der Waals surface area (Å²) >= 11 is 0. The topological polar surface area (TPSA) is 19.6 Å². The summed E-state index contributed by atoms with van der Waals surface area (Å²) in [5.74, 6) is 0. The van der Waals surface area contributed by atoms with Crippen molar-refractivity contribution in [2.45, 2.75) is 58.3 Å². The lowest BCUT2D eigenvalue weighted by atomic mass is 9.42. The lowest BCUT2D eigenvalue weighted by Gasteiger charge is -2.48. The highest BCUT2D eigenvalue weighted by Crippen LogP contribution is 2.54. The van der Waals surface area contributed by atoms with Crippen molar-refractivity contribution < 1.29 is 4.42 Å². The molecule has 0 fully saturated rings. The number of fused-ring (bicyclic) bond motifs is 9. The van der Waals surface area contributed by atoms with Crippen molar-refractivity contribution >= 4 is 68.1 Å². The van der Waals surface area contributed by atoms with Gasteiger partial charge < -0.3 is 14.1 Å². The van der Waals surface area contributed by atoms with Crippen LogP contribution in [0, 0.1) is 6.92 Å². The van der Waals surface area contributed by atoms with Crippen molar-refractivity contribution in [2.24, 2.45) is 0 Å². The van der Waals surface area contributed by atoms with E-state index >= 15 is 0 Å². The minimum atomic E-state index is -0.167. The van der Waals surface area contributed by atoms with Gasteiger partial charge in [0.15, 0.2) is 0 Å². The third-order valence-electron chi connectivity index (χ3n) is 15.4. The van der Waals surface area contributed by atoms with Crippen molar-refractivity contribution in [3.05, 3.63) is 211 Å². The van der Waals surface area contributed by atoms with Crippen LogP contribution in [0.15, 0.2) is 199 Å². The molecular weight excluding hydrogens is 812 g/mol. The summed E-state index contributed by atoms with van der Waals surface area (Å²) in [6.07, 6.45) is 2.27. The van der Waals surface area contributed by atoms with Gasteiger partial charge in [-0.15, -0.1) is 0 Å². The number of benzene rings is 9. The zero-order valence-corrected chi connectivity index (χ0v) is 38.8. The van der Waals surface area contributed by atoms with E-state index in [1.54, 1.807) is 0 Å². The summed E-state index contributed by atoms with van der Waals surface area (Å²) < 4.78 is 7.00. The predicted molar refractivity (Wildman–Crippen MR) is 284 cm³/mol. The van der Waals surface area contributed by atoms with Gasteiger partial charge in [-0.3, -0.25) is 0 Å². The fraction of sp³-hybridized carbons (Fsp3) is 0.143. The van der Waals surface area contributed by atoms with E-state index in [-0.39, 0.29) is 17.7 Å². The minimum absolute atomic E-state index is 0.00266. The third-order valence-corrected chi connectivity index (χ3v) is 15.4. The summed E-state index contributed by atoms with van der Waals surface area (Å²) in [5.41, 5.74) is 24.1. The molecule has 10 aromatic rings. The second kappa shape index (κ2) is 14.7. The fourth-order valence-electron chi connectivity index (χ4n) is 11.8. The number of rotatable bonds is 5. The molecule has 1 aromatic heterocycles. The zero-order chi connectivity index (χ0) is 45.2. The maximum atomic E-state index is 7.00. The van der Waals surface area contributed by atoms with Crippen LogP contribution in [-0.2, 0) is 10.8 Å². The molecule has 2 aliphatic heterocycles. The van der Waals surface area contributed by atoms with Gasteiger partial charge in [0, 0.05) is 50.8 Å². The molecule has 0 atom stereocenters. The number of aryl methyl sites for hydroxylation is 1. The van der Waals surface area contributed by atoms with Crippen LogP contribution in [0.25, 0.3) is 66.4 Å².